The molecular formula is C16H24N2O2. The second-order valence-electron chi connectivity index (χ2n) is 6.23. The molecule has 20 heavy (non-hydrogen) atoms. The summed E-state index contributed by atoms with van der Waals surface area (Å²) in [6, 6.07) is 4.25. The second-order valence-corrected chi connectivity index (χ2v) is 6.23. The fourth-order valence-electron chi connectivity index (χ4n) is 3.58. The number of hydrogen-bond acceptors (Lipinski definition) is 3. The zero-order valence-corrected chi connectivity index (χ0v) is 12.3. The molecule has 1 aliphatic heterocycles. The third kappa shape index (κ3) is 2.90. The van der Waals surface area contributed by atoms with Gasteiger partial charge in [0.2, 0.25) is 0 Å². The zero-order chi connectivity index (χ0) is 13.9. The molecule has 1 saturated carbocycles. The van der Waals surface area contributed by atoms with E-state index in [-0.39, 0.29) is 5.91 Å². The van der Waals surface area contributed by atoms with E-state index in [9.17, 15) is 4.79 Å². The van der Waals surface area contributed by atoms with E-state index in [0.29, 0.717) is 5.76 Å². The summed E-state index contributed by atoms with van der Waals surface area (Å²) in [6.45, 7) is 6.02. The number of carbonyl (C=O) groups excluding carboxylic acids is 1. The number of amides is 1. The molecule has 1 aromatic rings. The van der Waals surface area contributed by atoms with Gasteiger partial charge in [-0.15, -0.1) is 0 Å². The van der Waals surface area contributed by atoms with Crippen LogP contribution in [0, 0.1) is 5.92 Å². The van der Waals surface area contributed by atoms with E-state index in [2.05, 4.69) is 11.8 Å². The molecule has 1 aliphatic carbocycles. The standard InChI is InChI=1S/C16H24N2O2/c1-13-4-2-5-14(12-13)17-7-9-18(10-8-17)16(19)15-6-3-11-20-15/h3,6,11,13-14H,2,4-5,7-10,12H2,1H3. The number of hydrogen-bond donors (Lipinski definition) is 0. The highest BCUT2D eigenvalue weighted by Gasteiger charge is 2.29. The van der Waals surface area contributed by atoms with E-state index >= 15 is 0 Å². The zero-order valence-electron chi connectivity index (χ0n) is 12.3. The van der Waals surface area contributed by atoms with Crippen molar-refractivity contribution < 1.29 is 9.21 Å². The van der Waals surface area contributed by atoms with Crippen LogP contribution in [-0.4, -0.2) is 47.9 Å². The van der Waals surface area contributed by atoms with Crippen molar-refractivity contribution in [3.05, 3.63) is 24.2 Å². The molecule has 1 aromatic heterocycles. The maximum absolute atomic E-state index is 12.2. The lowest BCUT2D eigenvalue weighted by Crippen LogP contribution is -2.52. The van der Waals surface area contributed by atoms with Crippen LogP contribution in [-0.2, 0) is 0 Å². The van der Waals surface area contributed by atoms with Gasteiger partial charge in [-0.1, -0.05) is 19.8 Å². The predicted octanol–water partition coefficient (Wildman–Crippen LogP) is 2.62. The fraction of sp³-hybridized carbons (Fsp3) is 0.688. The molecule has 0 N–H and O–H groups in total. The van der Waals surface area contributed by atoms with Gasteiger partial charge >= 0.3 is 0 Å². The smallest absolute Gasteiger partial charge is 0.289 e. The minimum atomic E-state index is 0.0339. The number of rotatable bonds is 2. The summed E-state index contributed by atoms with van der Waals surface area (Å²) in [4.78, 5) is 16.7. The van der Waals surface area contributed by atoms with Crippen LogP contribution in [0.1, 0.15) is 43.2 Å². The van der Waals surface area contributed by atoms with Crippen molar-refractivity contribution in [1.29, 1.82) is 0 Å². The van der Waals surface area contributed by atoms with Crippen LogP contribution in [0.25, 0.3) is 0 Å². The topological polar surface area (TPSA) is 36.7 Å². The average Bonchev–Trinajstić information content (AvgIpc) is 3.01. The van der Waals surface area contributed by atoms with Crippen molar-refractivity contribution >= 4 is 5.91 Å². The first kappa shape index (κ1) is 13.7. The maximum atomic E-state index is 12.2. The summed E-state index contributed by atoms with van der Waals surface area (Å²) in [5.41, 5.74) is 0. The number of piperazine rings is 1. The molecule has 0 bridgehead atoms. The molecule has 2 heterocycles. The molecule has 2 atom stereocenters. The Kier molecular flexibility index (Phi) is 4.10. The van der Waals surface area contributed by atoms with Crippen LogP contribution in [0.4, 0.5) is 0 Å². The minimum Gasteiger partial charge on any atom is -0.459 e. The van der Waals surface area contributed by atoms with Gasteiger partial charge in [-0.05, 0) is 30.9 Å². The summed E-state index contributed by atoms with van der Waals surface area (Å²) in [5, 5.41) is 0. The van der Waals surface area contributed by atoms with Gasteiger partial charge in [0.1, 0.15) is 0 Å². The third-order valence-corrected chi connectivity index (χ3v) is 4.76. The Morgan fingerprint density at radius 1 is 1.25 bits per heavy atom. The van der Waals surface area contributed by atoms with Crippen LogP contribution in [0.15, 0.2) is 22.8 Å². The quantitative estimate of drug-likeness (QED) is 0.833. The lowest BCUT2D eigenvalue weighted by atomic mass is 9.86. The molecule has 4 nitrogen and oxygen atoms in total. The summed E-state index contributed by atoms with van der Waals surface area (Å²) in [6.07, 6.45) is 6.96. The molecule has 2 unspecified atom stereocenters. The van der Waals surface area contributed by atoms with E-state index in [1.54, 1.807) is 18.4 Å². The minimum absolute atomic E-state index is 0.0339. The largest absolute Gasteiger partial charge is 0.459 e. The van der Waals surface area contributed by atoms with Crippen molar-refractivity contribution in [3.63, 3.8) is 0 Å². The summed E-state index contributed by atoms with van der Waals surface area (Å²) in [7, 11) is 0. The van der Waals surface area contributed by atoms with Crippen molar-refractivity contribution in [2.75, 3.05) is 26.2 Å². The second kappa shape index (κ2) is 6.00. The summed E-state index contributed by atoms with van der Waals surface area (Å²) >= 11 is 0. The molecule has 2 aliphatic rings. The monoisotopic (exact) mass is 276 g/mol. The van der Waals surface area contributed by atoms with Gasteiger partial charge in [0.05, 0.1) is 6.26 Å². The summed E-state index contributed by atoms with van der Waals surface area (Å²) in [5.74, 6) is 1.35. The van der Waals surface area contributed by atoms with Crippen molar-refractivity contribution in [2.24, 2.45) is 5.92 Å². The highest BCUT2D eigenvalue weighted by molar-refractivity contribution is 5.91. The van der Waals surface area contributed by atoms with Crippen LogP contribution in [0.3, 0.4) is 0 Å². The number of carbonyl (C=O) groups is 1. The number of nitrogens with zero attached hydrogens (tertiary/aromatic N) is 2. The van der Waals surface area contributed by atoms with Crippen LogP contribution >= 0.6 is 0 Å². The Morgan fingerprint density at radius 2 is 2.05 bits per heavy atom. The SMILES string of the molecule is CC1CCCC(N2CCN(C(=O)c3ccco3)CC2)C1. The van der Waals surface area contributed by atoms with E-state index in [4.69, 9.17) is 4.42 Å². The van der Waals surface area contributed by atoms with Crippen molar-refractivity contribution in [3.8, 4) is 0 Å². The van der Waals surface area contributed by atoms with Gasteiger partial charge in [0.15, 0.2) is 5.76 Å². The van der Waals surface area contributed by atoms with Gasteiger partial charge in [0, 0.05) is 32.2 Å². The van der Waals surface area contributed by atoms with E-state index in [1.807, 2.05) is 4.90 Å². The van der Waals surface area contributed by atoms with E-state index in [0.717, 1.165) is 38.1 Å². The van der Waals surface area contributed by atoms with Gasteiger partial charge < -0.3 is 9.32 Å². The first-order valence-electron chi connectivity index (χ1n) is 7.81. The third-order valence-electron chi connectivity index (χ3n) is 4.76. The molecule has 0 spiro atoms. The molecular weight excluding hydrogens is 252 g/mol. The molecule has 2 fully saturated rings. The fourth-order valence-corrected chi connectivity index (χ4v) is 3.58. The van der Waals surface area contributed by atoms with E-state index < -0.39 is 0 Å². The molecule has 0 radical (unpaired) electrons. The normalized spacial score (nSPS) is 28.6. The summed E-state index contributed by atoms with van der Waals surface area (Å²) < 4.78 is 5.20. The highest BCUT2D eigenvalue weighted by Crippen LogP contribution is 2.28. The van der Waals surface area contributed by atoms with Gasteiger partial charge in [-0.25, -0.2) is 0 Å². The first-order valence-corrected chi connectivity index (χ1v) is 7.81. The number of furan rings is 1. The Balaban J connectivity index is 1.53. The highest BCUT2D eigenvalue weighted by atomic mass is 16.3. The Morgan fingerprint density at radius 3 is 2.70 bits per heavy atom. The molecule has 110 valence electrons. The molecule has 4 heteroatoms. The Labute approximate surface area is 120 Å². The first-order chi connectivity index (χ1) is 9.74. The Bertz CT molecular complexity index is 435. The maximum Gasteiger partial charge on any atom is 0.289 e. The van der Waals surface area contributed by atoms with E-state index in [1.165, 1.54) is 25.7 Å². The van der Waals surface area contributed by atoms with Gasteiger partial charge in [-0.2, -0.15) is 0 Å². The predicted molar refractivity (Wildman–Crippen MR) is 77.6 cm³/mol. The van der Waals surface area contributed by atoms with Gasteiger partial charge in [0.25, 0.3) is 5.91 Å². The molecule has 0 aromatic carbocycles. The Hall–Kier alpha value is -1.29. The average molecular weight is 276 g/mol. The van der Waals surface area contributed by atoms with Crippen molar-refractivity contribution in [2.45, 2.75) is 38.6 Å². The lowest BCUT2D eigenvalue weighted by Gasteiger charge is -2.41. The molecule has 3 rings (SSSR count). The molecule has 1 amide bonds. The van der Waals surface area contributed by atoms with Crippen LogP contribution in [0.2, 0.25) is 0 Å². The van der Waals surface area contributed by atoms with Crippen LogP contribution in [0.5, 0.6) is 0 Å². The van der Waals surface area contributed by atoms with Crippen molar-refractivity contribution in [1.82, 2.24) is 9.80 Å². The van der Waals surface area contributed by atoms with Crippen LogP contribution < -0.4 is 0 Å². The lowest BCUT2D eigenvalue weighted by molar-refractivity contribution is 0.0465. The van der Waals surface area contributed by atoms with Gasteiger partial charge in [-0.3, -0.25) is 9.69 Å². The molecule has 1 saturated heterocycles.